The van der Waals surface area contributed by atoms with Crippen molar-refractivity contribution in [1.82, 2.24) is 0 Å². The van der Waals surface area contributed by atoms with Crippen molar-refractivity contribution in [2.24, 2.45) is 0 Å². The van der Waals surface area contributed by atoms with Crippen molar-refractivity contribution in [2.45, 2.75) is 25.9 Å². The molecule has 1 aromatic carbocycles. The molecule has 0 saturated heterocycles. The summed E-state index contributed by atoms with van der Waals surface area (Å²) in [5.74, 6) is 0.970. The Kier molecular flexibility index (Phi) is 1.91. The molecule has 0 aromatic heterocycles. The maximum absolute atomic E-state index is 5.91. The molecule has 1 aliphatic heterocycles. The van der Waals surface area contributed by atoms with Crippen molar-refractivity contribution < 1.29 is 4.74 Å². The molecule has 1 heterocycles. The molecular formula is C11H15NO. The van der Waals surface area contributed by atoms with Gasteiger partial charge in [0.2, 0.25) is 0 Å². The molecule has 2 nitrogen and oxygen atoms in total. The Morgan fingerprint density at radius 1 is 1.46 bits per heavy atom. The number of rotatable bonds is 1. The van der Waals surface area contributed by atoms with E-state index in [-0.39, 0.29) is 5.60 Å². The third kappa shape index (κ3) is 1.48. The van der Waals surface area contributed by atoms with Crippen molar-refractivity contribution in [3.63, 3.8) is 0 Å². The second-order valence-electron chi connectivity index (χ2n) is 3.76. The van der Waals surface area contributed by atoms with Crippen LogP contribution in [0, 0.1) is 0 Å². The zero-order valence-electron chi connectivity index (χ0n) is 8.13. The van der Waals surface area contributed by atoms with Crippen LogP contribution in [0.5, 0.6) is 5.75 Å². The number of hydrogen-bond acceptors (Lipinski definition) is 2. The van der Waals surface area contributed by atoms with Gasteiger partial charge in [-0.15, -0.1) is 0 Å². The molecule has 0 saturated carbocycles. The predicted octanol–water partition coefficient (Wildman–Crippen LogP) is 2.66. The van der Waals surface area contributed by atoms with Gasteiger partial charge in [-0.25, -0.2) is 0 Å². The topological polar surface area (TPSA) is 21.3 Å². The van der Waals surface area contributed by atoms with Gasteiger partial charge >= 0.3 is 0 Å². The van der Waals surface area contributed by atoms with E-state index in [0.717, 1.165) is 24.4 Å². The van der Waals surface area contributed by atoms with Crippen LogP contribution in [0.2, 0.25) is 0 Å². The Morgan fingerprint density at radius 3 is 3.00 bits per heavy atom. The summed E-state index contributed by atoms with van der Waals surface area (Å²) in [6.07, 6.45) is 1.02. The first-order valence-corrected chi connectivity index (χ1v) is 4.75. The zero-order chi connectivity index (χ0) is 9.31. The smallest absolute Gasteiger partial charge is 0.143 e. The molecule has 70 valence electrons. The average molecular weight is 177 g/mol. The van der Waals surface area contributed by atoms with E-state index in [9.17, 15) is 0 Å². The summed E-state index contributed by atoms with van der Waals surface area (Å²) in [6.45, 7) is 5.17. The van der Waals surface area contributed by atoms with Crippen LogP contribution in [0.25, 0.3) is 0 Å². The molecule has 13 heavy (non-hydrogen) atoms. The summed E-state index contributed by atoms with van der Waals surface area (Å²) in [5, 5.41) is 3.38. The van der Waals surface area contributed by atoms with Gasteiger partial charge in [-0.05, 0) is 25.5 Å². The average Bonchev–Trinajstić information content (AvgIpc) is 2.18. The standard InChI is InChI=1S/C11H15NO/c1-3-11(2)8-12-9-6-4-5-7-10(9)13-11/h4-7,12H,3,8H2,1-2H3. The minimum absolute atomic E-state index is 0.0473. The van der Waals surface area contributed by atoms with Gasteiger partial charge in [0, 0.05) is 0 Å². The largest absolute Gasteiger partial charge is 0.484 e. The summed E-state index contributed by atoms with van der Waals surface area (Å²) in [5.41, 5.74) is 1.06. The Morgan fingerprint density at radius 2 is 2.23 bits per heavy atom. The fourth-order valence-electron chi connectivity index (χ4n) is 1.48. The monoisotopic (exact) mass is 177 g/mol. The Bertz CT molecular complexity index is 311. The molecule has 0 fully saturated rings. The van der Waals surface area contributed by atoms with Gasteiger partial charge in [-0.2, -0.15) is 0 Å². The minimum Gasteiger partial charge on any atom is -0.484 e. The van der Waals surface area contributed by atoms with Crippen LogP contribution < -0.4 is 10.1 Å². The van der Waals surface area contributed by atoms with E-state index in [1.54, 1.807) is 0 Å². The van der Waals surface area contributed by atoms with E-state index in [4.69, 9.17) is 4.74 Å². The van der Waals surface area contributed by atoms with E-state index in [1.165, 1.54) is 0 Å². The van der Waals surface area contributed by atoms with Gasteiger partial charge in [0.1, 0.15) is 11.4 Å². The number of anilines is 1. The summed E-state index contributed by atoms with van der Waals surface area (Å²) in [6, 6.07) is 8.08. The first kappa shape index (κ1) is 8.42. The number of benzene rings is 1. The van der Waals surface area contributed by atoms with Crippen LogP contribution in [0.1, 0.15) is 20.3 Å². The Hall–Kier alpha value is -1.18. The molecule has 1 unspecified atom stereocenters. The Labute approximate surface area is 78.9 Å². The summed E-state index contributed by atoms with van der Waals surface area (Å²) >= 11 is 0. The van der Waals surface area contributed by atoms with Gasteiger partial charge in [0.25, 0.3) is 0 Å². The van der Waals surface area contributed by atoms with E-state index in [2.05, 4.69) is 19.2 Å². The summed E-state index contributed by atoms with van der Waals surface area (Å²) in [4.78, 5) is 0. The zero-order valence-corrected chi connectivity index (χ0v) is 8.13. The van der Waals surface area contributed by atoms with Crippen molar-refractivity contribution in [3.05, 3.63) is 24.3 Å². The fraction of sp³-hybridized carbons (Fsp3) is 0.455. The predicted molar refractivity (Wildman–Crippen MR) is 54.3 cm³/mol. The van der Waals surface area contributed by atoms with Gasteiger partial charge in [0.05, 0.1) is 12.2 Å². The number of para-hydroxylation sites is 2. The van der Waals surface area contributed by atoms with Gasteiger partial charge < -0.3 is 10.1 Å². The maximum Gasteiger partial charge on any atom is 0.143 e. The number of nitrogens with one attached hydrogen (secondary N) is 1. The second-order valence-corrected chi connectivity index (χ2v) is 3.76. The highest BCUT2D eigenvalue weighted by molar-refractivity contribution is 5.58. The van der Waals surface area contributed by atoms with E-state index >= 15 is 0 Å². The third-order valence-electron chi connectivity index (χ3n) is 2.64. The van der Waals surface area contributed by atoms with Crippen LogP contribution in [0.15, 0.2) is 24.3 Å². The molecule has 2 heteroatoms. The van der Waals surface area contributed by atoms with Crippen molar-refractivity contribution in [1.29, 1.82) is 0 Å². The number of fused-ring (bicyclic) bond motifs is 1. The lowest BCUT2D eigenvalue weighted by Gasteiger charge is -2.35. The molecular weight excluding hydrogens is 162 g/mol. The molecule has 1 atom stereocenters. The Balaban J connectivity index is 2.29. The molecule has 1 aliphatic rings. The fourth-order valence-corrected chi connectivity index (χ4v) is 1.48. The molecule has 0 amide bonds. The lowest BCUT2D eigenvalue weighted by molar-refractivity contribution is 0.0912. The molecule has 1 N–H and O–H groups in total. The van der Waals surface area contributed by atoms with Crippen LogP contribution in [0.3, 0.4) is 0 Å². The van der Waals surface area contributed by atoms with Crippen molar-refractivity contribution in [3.8, 4) is 5.75 Å². The highest BCUT2D eigenvalue weighted by Gasteiger charge is 2.28. The summed E-state index contributed by atoms with van der Waals surface area (Å²) in [7, 11) is 0. The second kappa shape index (κ2) is 2.95. The maximum atomic E-state index is 5.91. The van der Waals surface area contributed by atoms with E-state index < -0.39 is 0 Å². The van der Waals surface area contributed by atoms with Gasteiger partial charge in [-0.1, -0.05) is 19.1 Å². The lowest BCUT2D eigenvalue weighted by atomic mass is 10.0. The summed E-state index contributed by atoms with van der Waals surface area (Å²) < 4.78 is 5.91. The van der Waals surface area contributed by atoms with Gasteiger partial charge in [0.15, 0.2) is 0 Å². The van der Waals surface area contributed by atoms with Crippen molar-refractivity contribution >= 4 is 5.69 Å². The SMILES string of the molecule is CCC1(C)CNc2ccccc2O1. The molecule has 2 rings (SSSR count). The van der Waals surface area contributed by atoms with Crippen molar-refractivity contribution in [2.75, 3.05) is 11.9 Å². The van der Waals surface area contributed by atoms with E-state index in [0.29, 0.717) is 0 Å². The number of ether oxygens (including phenoxy) is 1. The highest BCUT2D eigenvalue weighted by Crippen LogP contribution is 2.33. The van der Waals surface area contributed by atoms with E-state index in [1.807, 2.05) is 24.3 Å². The first-order chi connectivity index (χ1) is 6.23. The third-order valence-corrected chi connectivity index (χ3v) is 2.64. The molecule has 0 spiro atoms. The van der Waals surface area contributed by atoms with Crippen LogP contribution in [-0.2, 0) is 0 Å². The lowest BCUT2D eigenvalue weighted by Crippen LogP contribution is -2.42. The molecule has 0 bridgehead atoms. The van der Waals surface area contributed by atoms with Crippen LogP contribution in [-0.4, -0.2) is 12.1 Å². The minimum atomic E-state index is -0.0473. The molecule has 0 aliphatic carbocycles. The van der Waals surface area contributed by atoms with Crippen LogP contribution >= 0.6 is 0 Å². The first-order valence-electron chi connectivity index (χ1n) is 4.75. The molecule has 1 aromatic rings. The quantitative estimate of drug-likeness (QED) is 0.712. The normalized spacial score (nSPS) is 25.7. The highest BCUT2D eigenvalue weighted by atomic mass is 16.5. The molecule has 0 radical (unpaired) electrons. The number of hydrogen-bond donors (Lipinski definition) is 1. The van der Waals surface area contributed by atoms with Gasteiger partial charge in [-0.3, -0.25) is 0 Å². The van der Waals surface area contributed by atoms with Crippen LogP contribution in [0.4, 0.5) is 5.69 Å².